The molecule has 0 amide bonds. The van der Waals surface area contributed by atoms with Crippen LogP contribution >= 0.6 is 0 Å². The van der Waals surface area contributed by atoms with Gasteiger partial charge in [0.15, 0.2) is 0 Å². The smallest absolute Gasteiger partial charge is 0.282 e. The number of hydrogen-bond acceptors (Lipinski definition) is 2. The van der Waals surface area contributed by atoms with Crippen LogP contribution in [-0.4, -0.2) is 33.9 Å². The molecular formula is C21H45BO2Si2. The number of carbonyl (C=O) groups is 1. The Balaban J connectivity index is -0.000000337. The van der Waals surface area contributed by atoms with Gasteiger partial charge in [-0.25, -0.2) is 0 Å². The molecule has 0 heterocycles. The second-order valence-corrected chi connectivity index (χ2v) is 21.7. The van der Waals surface area contributed by atoms with Gasteiger partial charge in [0.25, 0.3) is 6.92 Å². The maximum atomic E-state index is 9.44. The second-order valence-electron chi connectivity index (χ2n) is 10.0. The molecule has 152 valence electrons. The summed E-state index contributed by atoms with van der Waals surface area (Å²) in [4.78, 5) is 9.44. The maximum absolute atomic E-state index is 9.44. The minimum absolute atomic E-state index is 0.167. The Morgan fingerprint density at radius 1 is 0.923 bits per heavy atom. The van der Waals surface area contributed by atoms with Crippen molar-refractivity contribution >= 4 is 28.8 Å². The second kappa shape index (κ2) is 15.4. The first-order chi connectivity index (χ1) is 11.4. The number of ketones is 1. The van der Waals surface area contributed by atoms with Crippen molar-refractivity contribution in [3.05, 3.63) is 35.4 Å². The quantitative estimate of drug-likeness (QED) is 0.580. The molecule has 0 bridgehead atoms. The zero-order valence-electron chi connectivity index (χ0n) is 19.7. The van der Waals surface area contributed by atoms with Crippen molar-refractivity contribution in [2.45, 2.75) is 92.7 Å². The molecule has 0 aromatic heterocycles. The molecule has 0 radical (unpaired) electrons. The lowest BCUT2D eigenvalue weighted by atomic mass is 9.76. The highest BCUT2D eigenvalue weighted by Gasteiger charge is 2.12. The van der Waals surface area contributed by atoms with Gasteiger partial charge in [0.2, 0.25) is 0 Å². The topological polar surface area (TPSA) is 37.3 Å². The van der Waals surface area contributed by atoms with E-state index in [0.717, 1.165) is 0 Å². The predicted octanol–water partition coefficient (Wildman–Crippen LogP) is 6.66. The first-order valence-electron chi connectivity index (χ1n) is 9.65. The highest BCUT2D eigenvalue weighted by Crippen LogP contribution is 2.14. The van der Waals surface area contributed by atoms with Crippen LogP contribution in [0.5, 0.6) is 0 Å². The van der Waals surface area contributed by atoms with Gasteiger partial charge in [0.05, 0.1) is 0 Å². The van der Waals surface area contributed by atoms with Crippen molar-refractivity contribution in [3.8, 4) is 0 Å². The van der Waals surface area contributed by atoms with Crippen LogP contribution in [0.4, 0.5) is 0 Å². The van der Waals surface area contributed by atoms with Gasteiger partial charge in [-0.05, 0) is 32.8 Å². The molecule has 0 fully saturated rings. The molecule has 0 spiro atoms. The van der Waals surface area contributed by atoms with Gasteiger partial charge in [0.1, 0.15) is 5.78 Å². The van der Waals surface area contributed by atoms with Gasteiger partial charge in [-0.15, -0.1) is 0 Å². The molecule has 0 unspecified atom stereocenters. The Morgan fingerprint density at radius 2 is 1.19 bits per heavy atom. The summed E-state index contributed by atoms with van der Waals surface area (Å²) < 4.78 is 0. The third kappa shape index (κ3) is 49.5. The fourth-order valence-corrected chi connectivity index (χ4v) is 2.31. The van der Waals surface area contributed by atoms with Crippen molar-refractivity contribution in [2.24, 2.45) is 0 Å². The number of rotatable bonds is 3. The van der Waals surface area contributed by atoms with Crippen LogP contribution in [0.1, 0.15) is 25.0 Å². The molecule has 1 aromatic carbocycles. The summed E-state index contributed by atoms with van der Waals surface area (Å²) in [6, 6.07) is 10.3. The summed E-state index contributed by atoms with van der Waals surface area (Å²) in [6.07, 6.45) is 1.26. The van der Waals surface area contributed by atoms with E-state index in [4.69, 9.17) is 5.02 Å². The predicted molar refractivity (Wildman–Crippen MR) is 128 cm³/mol. The van der Waals surface area contributed by atoms with E-state index < -0.39 is 16.1 Å². The molecule has 2 nitrogen and oxygen atoms in total. The van der Waals surface area contributed by atoms with Crippen molar-refractivity contribution in [3.63, 3.8) is 0 Å². The van der Waals surface area contributed by atoms with Gasteiger partial charge in [0, 0.05) is 16.1 Å². The van der Waals surface area contributed by atoms with E-state index in [9.17, 15) is 4.79 Å². The van der Waals surface area contributed by atoms with Crippen molar-refractivity contribution < 1.29 is 9.82 Å². The third-order valence-corrected chi connectivity index (χ3v) is 4.03. The van der Waals surface area contributed by atoms with E-state index in [0.29, 0.717) is 0 Å². The van der Waals surface area contributed by atoms with Crippen LogP contribution in [0, 0.1) is 6.92 Å². The molecular weight excluding hydrogens is 351 g/mol. The van der Waals surface area contributed by atoms with Gasteiger partial charge >= 0.3 is 0 Å². The summed E-state index contributed by atoms with van der Waals surface area (Å²) in [5.41, 5.74) is 2.85. The van der Waals surface area contributed by atoms with E-state index in [-0.39, 0.29) is 12.7 Å². The molecule has 1 aromatic rings. The molecule has 0 aliphatic rings. The van der Waals surface area contributed by atoms with Crippen LogP contribution in [-0.2, 0) is 11.2 Å². The van der Waals surface area contributed by atoms with E-state index in [2.05, 4.69) is 77.0 Å². The Bertz CT molecular complexity index is 446. The maximum Gasteiger partial charge on any atom is 0.282 e. The number of carbonyl (C=O) groups excluding carboxylic acids is 1. The Morgan fingerprint density at radius 3 is 1.42 bits per heavy atom. The molecule has 0 saturated heterocycles. The summed E-state index contributed by atoms with van der Waals surface area (Å²) >= 11 is 0. The number of hydrogen-bond donors (Lipinski definition) is 1. The zero-order valence-corrected chi connectivity index (χ0v) is 21.7. The van der Waals surface area contributed by atoms with Crippen LogP contribution in [0.3, 0.4) is 0 Å². The van der Waals surface area contributed by atoms with Gasteiger partial charge in [-0.1, -0.05) is 95.3 Å². The fourth-order valence-electron chi connectivity index (χ4n) is 1.27. The minimum Gasteiger partial charge on any atom is -0.451 e. The van der Waals surface area contributed by atoms with Crippen LogP contribution in [0.15, 0.2) is 24.3 Å². The first-order valence-corrected chi connectivity index (χ1v) is 17.4. The lowest BCUT2D eigenvalue weighted by molar-refractivity contribution is -0.114. The molecule has 0 atom stereocenters. The SMILES string of the molecule is CB(C)O.CC(C)=O.C[Si](C)(C)C.Cc1ccc(CC[Si](C)(C)C)cc1. The van der Waals surface area contributed by atoms with E-state index in [1.807, 2.05) is 0 Å². The molecule has 1 N–H and O–H groups in total. The van der Waals surface area contributed by atoms with Crippen LogP contribution < -0.4 is 0 Å². The summed E-state index contributed by atoms with van der Waals surface area (Å²) in [7, 11) is -1.46. The molecule has 0 aliphatic carbocycles. The Kier molecular flexibility index (Phi) is 17.8. The zero-order chi connectivity index (χ0) is 21.6. The van der Waals surface area contributed by atoms with Crippen LogP contribution in [0.25, 0.3) is 0 Å². The highest BCUT2D eigenvalue weighted by atomic mass is 28.3. The van der Waals surface area contributed by atoms with E-state index in [1.54, 1.807) is 13.6 Å². The van der Waals surface area contributed by atoms with Gasteiger partial charge in [-0.3, -0.25) is 0 Å². The van der Waals surface area contributed by atoms with Crippen LogP contribution in [0.2, 0.25) is 65.5 Å². The standard InChI is InChI=1S/C12H20Si.C4H12Si.C3H6O.C2H7BO/c1-11-5-7-12(8-6-11)9-10-13(2,3)4;1-5(2,3)4;2*1-3(2)4/h5-8H,9-10H2,1-4H3;1-4H3;1-2H3;4H,1-2H3. The molecule has 5 heteroatoms. The molecule has 0 saturated carbocycles. The lowest BCUT2D eigenvalue weighted by Crippen LogP contribution is -2.19. The summed E-state index contributed by atoms with van der Waals surface area (Å²) in [5.74, 6) is 0.167. The van der Waals surface area contributed by atoms with Crippen molar-refractivity contribution in [1.29, 1.82) is 0 Å². The Labute approximate surface area is 166 Å². The molecule has 1 rings (SSSR count). The number of Topliss-reactive ketones (excluding diaryl/α,β-unsaturated/α-hetero) is 1. The first kappa shape index (κ1) is 30.1. The molecule has 26 heavy (non-hydrogen) atoms. The van der Waals surface area contributed by atoms with Crippen molar-refractivity contribution in [1.82, 2.24) is 0 Å². The van der Waals surface area contributed by atoms with Gasteiger partial charge < -0.3 is 9.82 Å². The number of benzene rings is 1. The highest BCUT2D eigenvalue weighted by molar-refractivity contribution is 6.76. The van der Waals surface area contributed by atoms with Gasteiger partial charge in [-0.2, -0.15) is 0 Å². The van der Waals surface area contributed by atoms with Crippen molar-refractivity contribution in [2.75, 3.05) is 0 Å². The van der Waals surface area contributed by atoms with E-state index >= 15 is 0 Å². The fraction of sp³-hybridized carbons (Fsp3) is 0.667. The van der Waals surface area contributed by atoms with E-state index in [1.165, 1.54) is 37.4 Å². The monoisotopic (exact) mass is 396 g/mol. The third-order valence-electron chi connectivity index (χ3n) is 2.28. The average molecular weight is 397 g/mol. The Hall–Kier alpha value is -0.651. The normalized spacial score (nSPS) is 10.2. The summed E-state index contributed by atoms with van der Waals surface area (Å²) in [6.45, 7) is 25.1. The summed E-state index contributed by atoms with van der Waals surface area (Å²) in [5, 5.41) is 8.06. The average Bonchev–Trinajstić information content (AvgIpc) is 2.33. The lowest BCUT2D eigenvalue weighted by Gasteiger charge is -2.15. The minimum atomic E-state index is -0.854. The molecule has 0 aliphatic heterocycles. The number of aryl methyl sites for hydroxylation is 2. The largest absolute Gasteiger partial charge is 0.451 e.